The van der Waals surface area contributed by atoms with Gasteiger partial charge in [-0.05, 0) is 0 Å². The molecule has 2 N–H and O–H groups in total. The van der Waals surface area contributed by atoms with Crippen LogP contribution in [0.25, 0.3) is 10.8 Å². The molecule has 2 rings (SSSR count). The molecule has 0 aliphatic carbocycles. The van der Waals surface area contributed by atoms with E-state index in [1.54, 1.807) is 0 Å². The van der Waals surface area contributed by atoms with Gasteiger partial charge in [-0.1, -0.05) is 0 Å². The van der Waals surface area contributed by atoms with Crippen molar-refractivity contribution >= 4 is 53.6 Å². The van der Waals surface area contributed by atoms with E-state index in [0.29, 0.717) is 0 Å². The number of aryl methyl sites for hydroxylation is 1. The van der Waals surface area contributed by atoms with Crippen LogP contribution in [-0.4, -0.2) is 23.3 Å². The first-order chi connectivity index (χ1) is 9.61. The number of benzene rings is 2. The Morgan fingerprint density at radius 3 is 2.45 bits per heavy atom. The molecular weight excluding hydrogens is 437 g/mol. The second-order valence-corrected chi connectivity index (χ2v) is 21.2. The molecule has 0 fully saturated rings. The Morgan fingerprint density at radius 2 is 1.85 bits per heavy atom. The molecule has 2 atom stereocenters. The van der Waals surface area contributed by atoms with Gasteiger partial charge in [0.1, 0.15) is 0 Å². The van der Waals surface area contributed by atoms with Gasteiger partial charge < -0.3 is 0 Å². The van der Waals surface area contributed by atoms with Gasteiger partial charge in [0.25, 0.3) is 0 Å². The van der Waals surface area contributed by atoms with E-state index in [0.717, 1.165) is 12.2 Å². The third-order valence-electron chi connectivity index (χ3n) is 3.67. The van der Waals surface area contributed by atoms with Crippen LogP contribution in [0, 0.1) is 0 Å². The van der Waals surface area contributed by atoms with Crippen LogP contribution >= 0.6 is 25.3 Å². The maximum absolute atomic E-state index is 6.16. The zero-order chi connectivity index (χ0) is 14.5. The van der Waals surface area contributed by atoms with Gasteiger partial charge in [0.2, 0.25) is 0 Å². The van der Waals surface area contributed by atoms with Crippen molar-refractivity contribution < 1.29 is 0 Å². The second-order valence-electron chi connectivity index (χ2n) is 5.34. The zero-order valence-corrected chi connectivity index (χ0v) is 17.6. The van der Waals surface area contributed by atoms with E-state index in [9.17, 15) is 0 Å². The zero-order valence-electron chi connectivity index (χ0n) is 11.8. The summed E-state index contributed by atoms with van der Waals surface area (Å²) >= 11 is 6.81. The molecule has 0 aliphatic heterocycles. The van der Waals surface area contributed by atoms with Crippen molar-refractivity contribution in [1.29, 1.82) is 0 Å². The summed E-state index contributed by atoms with van der Waals surface area (Å²) in [6.45, 7) is 2.08. The van der Waals surface area contributed by atoms with E-state index in [-0.39, 0.29) is 6.04 Å². The molecule has 0 bridgehead atoms. The van der Waals surface area contributed by atoms with Gasteiger partial charge in [-0.3, -0.25) is 0 Å². The summed E-state index contributed by atoms with van der Waals surface area (Å²) in [6.07, 6.45) is 1.15. The van der Waals surface area contributed by atoms with Crippen LogP contribution < -0.4 is 5.73 Å². The molecule has 0 saturated heterocycles. The van der Waals surface area contributed by atoms with Crippen LogP contribution in [0.4, 0.5) is 0 Å². The van der Waals surface area contributed by atoms with E-state index in [4.69, 9.17) is 5.73 Å². The van der Waals surface area contributed by atoms with Crippen LogP contribution in [0.5, 0.6) is 0 Å². The summed E-state index contributed by atoms with van der Waals surface area (Å²) in [5, 5.41) is 2.61. The average molecular weight is 459 g/mol. The van der Waals surface area contributed by atoms with E-state index in [2.05, 4.69) is 68.7 Å². The fourth-order valence-corrected chi connectivity index (χ4v) is 13.5. The van der Waals surface area contributed by atoms with Crippen LogP contribution in [-0.2, 0) is 6.42 Å². The van der Waals surface area contributed by atoms with Crippen molar-refractivity contribution in [1.82, 2.24) is 0 Å². The SMILES string of the molecule is CC(N)c1cc2ccccc2cc1C[CH2][SnH]([Br])[CH2]CS. The summed E-state index contributed by atoms with van der Waals surface area (Å²) in [7, 11) is 0. The number of nitrogens with two attached hydrogens (primary N) is 1. The minimum atomic E-state index is -1.47. The van der Waals surface area contributed by atoms with Gasteiger partial charge >= 0.3 is 141 Å². The molecule has 0 radical (unpaired) electrons. The predicted octanol–water partition coefficient (Wildman–Crippen LogP) is 4.45. The van der Waals surface area contributed by atoms with Gasteiger partial charge in [0.05, 0.1) is 0 Å². The molecule has 1 nitrogen and oxygen atoms in total. The van der Waals surface area contributed by atoms with E-state index in [1.165, 1.54) is 30.8 Å². The molecule has 2 aromatic rings. The van der Waals surface area contributed by atoms with Crippen LogP contribution in [0.15, 0.2) is 36.4 Å². The van der Waals surface area contributed by atoms with E-state index in [1.807, 2.05) is 0 Å². The molecule has 0 aromatic heterocycles. The fourth-order valence-electron chi connectivity index (χ4n) is 2.54. The monoisotopic (exact) mass is 459 g/mol. The molecule has 0 heterocycles. The van der Waals surface area contributed by atoms with Crippen molar-refractivity contribution in [3.63, 3.8) is 0 Å². The van der Waals surface area contributed by atoms with Gasteiger partial charge in [0.15, 0.2) is 0 Å². The third-order valence-corrected chi connectivity index (χ3v) is 16.7. The first-order valence-corrected chi connectivity index (χ1v) is 19.8. The van der Waals surface area contributed by atoms with Gasteiger partial charge in [0, 0.05) is 0 Å². The molecule has 0 aliphatic rings. The first-order valence-electron chi connectivity index (χ1n) is 7.14. The van der Waals surface area contributed by atoms with Crippen molar-refractivity contribution in [2.75, 3.05) is 5.75 Å². The molecule has 2 aromatic carbocycles. The molecule has 2 unspecified atom stereocenters. The molecule has 4 heteroatoms. The predicted molar refractivity (Wildman–Crippen MR) is 99.8 cm³/mol. The van der Waals surface area contributed by atoms with Crippen molar-refractivity contribution in [3.8, 4) is 0 Å². The summed E-state index contributed by atoms with van der Waals surface area (Å²) in [5.74, 6) is 1.02. The maximum atomic E-state index is 6.16. The van der Waals surface area contributed by atoms with Crippen molar-refractivity contribution in [2.24, 2.45) is 5.73 Å². The topological polar surface area (TPSA) is 26.0 Å². The Morgan fingerprint density at radius 1 is 1.20 bits per heavy atom. The van der Waals surface area contributed by atoms with Crippen LogP contribution in [0.2, 0.25) is 8.87 Å². The molecular formula is C16H22BrNSSn. The number of halogens is 1. The first kappa shape index (κ1) is 16.7. The number of hydrogen-bond donors (Lipinski definition) is 2. The van der Waals surface area contributed by atoms with Crippen molar-refractivity contribution in [2.45, 2.75) is 28.3 Å². The third kappa shape index (κ3) is 4.39. The average Bonchev–Trinajstić information content (AvgIpc) is 2.44. The molecule has 0 amide bonds. The molecule has 20 heavy (non-hydrogen) atoms. The normalized spacial score (nSPS) is 14.4. The van der Waals surface area contributed by atoms with Gasteiger partial charge in [-0.2, -0.15) is 0 Å². The molecule has 108 valence electrons. The summed E-state index contributed by atoms with van der Waals surface area (Å²) < 4.78 is 2.65. The van der Waals surface area contributed by atoms with Gasteiger partial charge in [-0.15, -0.1) is 0 Å². The van der Waals surface area contributed by atoms with Crippen LogP contribution in [0.1, 0.15) is 24.1 Å². The number of thiol groups is 1. The molecule has 0 spiro atoms. The Hall–Kier alpha value is 0.289. The Balaban J connectivity index is 2.27. The molecule has 0 saturated carbocycles. The second kappa shape index (κ2) is 8.06. The summed E-state index contributed by atoms with van der Waals surface area (Å²) in [4.78, 5) is 0. The summed E-state index contributed by atoms with van der Waals surface area (Å²) in [6, 6.07) is 13.2. The van der Waals surface area contributed by atoms with E-state index >= 15 is 0 Å². The quantitative estimate of drug-likeness (QED) is 0.485. The summed E-state index contributed by atoms with van der Waals surface area (Å²) in [5.41, 5.74) is 8.90. The fraction of sp³-hybridized carbons (Fsp3) is 0.375. The number of hydrogen-bond acceptors (Lipinski definition) is 2. The van der Waals surface area contributed by atoms with E-state index < -0.39 is 17.5 Å². The number of fused-ring (bicyclic) bond motifs is 1. The minimum absolute atomic E-state index is 0.100. The van der Waals surface area contributed by atoms with Crippen molar-refractivity contribution in [3.05, 3.63) is 47.5 Å². The Bertz CT molecular complexity index is 573. The number of rotatable bonds is 6. The standard InChI is InChI=1S/C14H16N.C2H5S.BrH.Sn.H/c1-3-11-8-12-6-4-5-7-13(12)9-14(11)10(2)15;1-2-3;;;/h4-10H,1,3,15H2,2H3;3H,1-2H2;1H;;/q;;;+1;/p-1. The van der Waals surface area contributed by atoms with Gasteiger partial charge in [-0.25, -0.2) is 0 Å². The Labute approximate surface area is 140 Å². The van der Waals surface area contributed by atoms with Crippen LogP contribution in [0.3, 0.4) is 0 Å². The Kier molecular flexibility index (Phi) is 6.71.